The summed E-state index contributed by atoms with van der Waals surface area (Å²) in [6, 6.07) is 0. The maximum atomic E-state index is 11.4. The minimum Gasteiger partial charge on any atom is -0.481 e. The molecule has 150 valence electrons. The maximum absolute atomic E-state index is 11.4. The average molecular weight is 443 g/mol. The standard InChI is InChI=1S/C14H18Cl3N5O5/c15-14(16,17)11-19-12(18-3-6-27-10(25)2-1-9(23)24)21-13(20-11)22-4-7-26-8-5-22/h1-8H2,(H,23,24)(H,18,19,20,21). The Morgan fingerprint density at radius 1 is 1.19 bits per heavy atom. The van der Waals surface area contributed by atoms with Gasteiger partial charge in [0, 0.05) is 13.1 Å². The van der Waals surface area contributed by atoms with Gasteiger partial charge in [0.2, 0.25) is 15.7 Å². The second-order valence-electron chi connectivity index (χ2n) is 5.42. The van der Waals surface area contributed by atoms with E-state index in [-0.39, 0.29) is 37.8 Å². The smallest absolute Gasteiger partial charge is 0.306 e. The van der Waals surface area contributed by atoms with Crippen molar-refractivity contribution in [2.75, 3.05) is 49.7 Å². The highest BCUT2D eigenvalue weighted by Crippen LogP contribution is 2.36. The van der Waals surface area contributed by atoms with Gasteiger partial charge in [-0.3, -0.25) is 9.59 Å². The molecule has 0 saturated carbocycles. The third-order valence-corrected chi connectivity index (χ3v) is 3.87. The van der Waals surface area contributed by atoms with Crippen molar-refractivity contribution >= 4 is 58.6 Å². The Morgan fingerprint density at radius 3 is 2.52 bits per heavy atom. The molecule has 0 spiro atoms. The number of carboxylic acid groups (broad SMARTS) is 1. The van der Waals surface area contributed by atoms with Gasteiger partial charge in [0.15, 0.2) is 5.82 Å². The van der Waals surface area contributed by atoms with Crippen LogP contribution in [0.15, 0.2) is 0 Å². The SMILES string of the molecule is O=C(O)CCC(=O)OCCNc1nc(N2CCOCC2)nc(C(Cl)(Cl)Cl)n1. The Bertz CT molecular complexity index is 667. The normalized spacial score (nSPS) is 14.7. The molecule has 0 radical (unpaired) electrons. The second-order valence-corrected chi connectivity index (χ2v) is 7.70. The van der Waals surface area contributed by atoms with Gasteiger partial charge in [-0.25, -0.2) is 0 Å². The number of halogens is 3. The number of carbonyl (C=O) groups is 2. The van der Waals surface area contributed by atoms with Crippen LogP contribution in [0.5, 0.6) is 0 Å². The van der Waals surface area contributed by atoms with Crippen molar-refractivity contribution in [3.63, 3.8) is 0 Å². The summed E-state index contributed by atoms with van der Waals surface area (Å²) in [6.07, 6.45) is -0.477. The number of aliphatic carboxylic acids is 1. The fraction of sp³-hybridized carbons (Fsp3) is 0.643. The van der Waals surface area contributed by atoms with Crippen LogP contribution in [0.2, 0.25) is 0 Å². The highest BCUT2D eigenvalue weighted by atomic mass is 35.6. The quantitative estimate of drug-likeness (QED) is 0.346. The van der Waals surface area contributed by atoms with Crippen LogP contribution in [-0.4, -0.2) is 71.5 Å². The van der Waals surface area contributed by atoms with Crippen molar-refractivity contribution in [1.29, 1.82) is 0 Å². The zero-order valence-corrected chi connectivity index (χ0v) is 16.4. The van der Waals surface area contributed by atoms with E-state index in [1.54, 1.807) is 0 Å². The molecule has 0 amide bonds. The van der Waals surface area contributed by atoms with E-state index >= 15 is 0 Å². The summed E-state index contributed by atoms with van der Waals surface area (Å²) in [5, 5.41) is 11.4. The molecule has 2 rings (SSSR count). The van der Waals surface area contributed by atoms with Gasteiger partial charge in [-0.15, -0.1) is 0 Å². The van der Waals surface area contributed by atoms with Crippen LogP contribution in [0.4, 0.5) is 11.9 Å². The monoisotopic (exact) mass is 441 g/mol. The zero-order chi connectivity index (χ0) is 19.9. The summed E-state index contributed by atoms with van der Waals surface area (Å²) < 4.78 is 8.38. The van der Waals surface area contributed by atoms with Crippen LogP contribution < -0.4 is 10.2 Å². The molecule has 2 N–H and O–H groups in total. The minimum atomic E-state index is -1.83. The van der Waals surface area contributed by atoms with Gasteiger partial charge in [0.05, 0.1) is 32.6 Å². The summed E-state index contributed by atoms with van der Waals surface area (Å²) in [5.74, 6) is -1.20. The highest BCUT2D eigenvalue weighted by molar-refractivity contribution is 6.66. The lowest BCUT2D eigenvalue weighted by Crippen LogP contribution is -2.38. The first-order valence-corrected chi connectivity index (χ1v) is 9.16. The molecular weight excluding hydrogens is 425 g/mol. The average Bonchev–Trinajstić information content (AvgIpc) is 2.63. The van der Waals surface area contributed by atoms with Gasteiger partial charge >= 0.3 is 11.9 Å². The molecule has 1 aliphatic rings. The highest BCUT2D eigenvalue weighted by Gasteiger charge is 2.29. The van der Waals surface area contributed by atoms with E-state index in [1.807, 2.05) is 4.90 Å². The number of aromatic nitrogens is 3. The first-order chi connectivity index (χ1) is 12.8. The molecule has 1 fully saturated rings. The van der Waals surface area contributed by atoms with Crippen molar-refractivity contribution in [3.8, 4) is 0 Å². The summed E-state index contributed by atoms with van der Waals surface area (Å²) in [4.78, 5) is 36.2. The van der Waals surface area contributed by atoms with Crippen molar-refractivity contribution < 1.29 is 24.2 Å². The maximum Gasteiger partial charge on any atom is 0.306 e. The molecule has 0 aliphatic carbocycles. The molecule has 0 bridgehead atoms. The van der Waals surface area contributed by atoms with Crippen molar-refractivity contribution in [2.45, 2.75) is 16.6 Å². The first-order valence-electron chi connectivity index (χ1n) is 8.03. The van der Waals surface area contributed by atoms with E-state index in [9.17, 15) is 9.59 Å². The van der Waals surface area contributed by atoms with E-state index in [4.69, 9.17) is 49.4 Å². The number of ether oxygens (including phenoxy) is 2. The number of nitrogens with one attached hydrogen (secondary N) is 1. The van der Waals surface area contributed by atoms with Crippen LogP contribution in [0.25, 0.3) is 0 Å². The third-order valence-electron chi connectivity index (χ3n) is 3.36. The lowest BCUT2D eigenvalue weighted by molar-refractivity contribution is -0.147. The van der Waals surface area contributed by atoms with Crippen molar-refractivity contribution in [1.82, 2.24) is 15.0 Å². The van der Waals surface area contributed by atoms with Gasteiger partial charge in [0.1, 0.15) is 6.61 Å². The summed E-state index contributed by atoms with van der Waals surface area (Å²) in [7, 11) is 0. The number of anilines is 2. The lowest BCUT2D eigenvalue weighted by atomic mass is 10.3. The third kappa shape index (κ3) is 7.49. The Balaban J connectivity index is 1.96. The first kappa shape index (κ1) is 21.7. The molecule has 27 heavy (non-hydrogen) atoms. The predicted octanol–water partition coefficient (Wildman–Crippen LogP) is 1.35. The Labute approximate surface area is 170 Å². The molecule has 13 heteroatoms. The summed E-state index contributed by atoms with van der Waals surface area (Å²) in [5.41, 5.74) is 0. The molecule has 0 unspecified atom stereocenters. The molecule has 1 aromatic rings. The number of rotatable bonds is 8. The largest absolute Gasteiger partial charge is 0.481 e. The molecule has 0 atom stereocenters. The number of esters is 1. The fourth-order valence-electron chi connectivity index (χ4n) is 2.08. The van der Waals surface area contributed by atoms with E-state index in [2.05, 4.69) is 20.3 Å². The number of carbonyl (C=O) groups excluding carboxylic acids is 1. The topological polar surface area (TPSA) is 127 Å². The molecule has 1 aromatic heterocycles. The van der Waals surface area contributed by atoms with E-state index in [0.29, 0.717) is 32.3 Å². The zero-order valence-electron chi connectivity index (χ0n) is 14.2. The summed E-state index contributed by atoms with van der Waals surface area (Å²) >= 11 is 17.7. The van der Waals surface area contributed by atoms with Gasteiger partial charge in [-0.1, -0.05) is 34.8 Å². The lowest BCUT2D eigenvalue weighted by Gasteiger charge is -2.27. The van der Waals surface area contributed by atoms with Crippen LogP contribution in [0.3, 0.4) is 0 Å². The number of carboxylic acids is 1. The number of alkyl halides is 3. The molecular formula is C14H18Cl3N5O5. The molecule has 2 heterocycles. The second kappa shape index (κ2) is 10.1. The van der Waals surface area contributed by atoms with Crippen LogP contribution in [0, 0.1) is 0 Å². The molecule has 10 nitrogen and oxygen atoms in total. The Hall–Kier alpha value is -1.62. The van der Waals surface area contributed by atoms with Crippen molar-refractivity contribution in [3.05, 3.63) is 5.82 Å². The van der Waals surface area contributed by atoms with E-state index in [0.717, 1.165) is 0 Å². The van der Waals surface area contributed by atoms with Gasteiger partial charge in [0.25, 0.3) is 0 Å². The number of morpholine rings is 1. The predicted molar refractivity (Wildman–Crippen MR) is 98.4 cm³/mol. The molecule has 1 saturated heterocycles. The Kier molecular flexibility index (Phi) is 8.08. The van der Waals surface area contributed by atoms with Crippen molar-refractivity contribution in [2.24, 2.45) is 0 Å². The molecule has 1 aliphatic heterocycles. The van der Waals surface area contributed by atoms with Crippen LogP contribution in [0.1, 0.15) is 18.7 Å². The number of nitrogens with zero attached hydrogens (tertiary/aromatic N) is 4. The number of hydrogen-bond acceptors (Lipinski definition) is 9. The van der Waals surface area contributed by atoms with E-state index < -0.39 is 15.7 Å². The fourth-order valence-corrected chi connectivity index (χ4v) is 2.34. The van der Waals surface area contributed by atoms with Gasteiger partial charge in [-0.05, 0) is 0 Å². The minimum absolute atomic E-state index is 0.000123. The number of hydrogen-bond donors (Lipinski definition) is 2. The van der Waals surface area contributed by atoms with Gasteiger partial charge in [-0.2, -0.15) is 15.0 Å². The van der Waals surface area contributed by atoms with Crippen LogP contribution in [-0.2, 0) is 22.9 Å². The van der Waals surface area contributed by atoms with Gasteiger partial charge < -0.3 is 24.8 Å². The Morgan fingerprint density at radius 2 is 1.89 bits per heavy atom. The van der Waals surface area contributed by atoms with Crippen LogP contribution >= 0.6 is 34.8 Å². The van der Waals surface area contributed by atoms with E-state index in [1.165, 1.54) is 0 Å². The summed E-state index contributed by atoms with van der Waals surface area (Å²) in [6.45, 7) is 2.42. The molecule has 0 aromatic carbocycles.